The molecule has 2 aromatic rings. The molecule has 0 aliphatic rings. The minimum atomic E-state index is -0.406. The van der Waals surface area contributed by atoms with E-state index in [9.17, 15) is 20.2 Å². The number of nitrogens with zero attached hydrogens (tertiary/aromatic N) is 2. The molecule has 6 nitrogen and oxygen atoms in total. The van der Waals surface area contributed by atoms with Crippen LogP contribution in [0.4, 0.5) is 11.4 Å². The van der Waals surface area contributed by atoms with Gasteiger partial charge in [-0.15, -0.1) is 0 Å². The lowest BCUT2D eigenvalue weighted by Crippen LogP contribution is -1.87. The number of non-ortho nitro benzene ring substituents is 2. The number of hydrogen-bond donors (Lipinski definition) is 0. The zero-order chi connectivity index (χ0) is 17.4. The molecule has 126 valence electrons. The van der Waals surface area contributed by atoms with Gasteiger partial charge in [0.05, 0.1) is 9.85 Å². The molecule has 0 saturated heterocycles. The summed E-state index contributed by atoms with van der Waals surface area (Å²) in [6.45, 7) is 0. The Morgan fingerprint density at radius 1 is 0.667 bits per heavy atom. The summed E-state index contributed by atoms with van der Waals surface area (Å²) in [6, 6.07) is 13.1. The monoisotopic (exact) mass is 400 g/mol. The van der Waals surface area contributed by atoms with E-state index >= 15 is 0 Å². The van der Waals surface area contributed by atoms with Crippen LogP contribution in [-0.2, 0) is 11.5 Å². The molecular weight excluding hydrogens is 388 g/mol. The van der Waals surface area contributed by atoms with Crippen LogP contribution in [-0.4, -0.2) is 9.85 Å². The van der Waals surface area contributed by atoms with E-state index in [1.54, 1.807) is 65.5 Å². The number of nitro groups is 2. The predicted molar refractivity (Wildman–Crippen MR) is 104 cm³/mol. The van der Waals surface area contributed by atoms with E-state index in [0.29, 0.717) is 0 Å². The molecule has 0 aliphatic heterocycles. The van der Waals surface area contributed by atoms with Crippen LogP contribution in [0.2, 0.25) is 0 Å². The fraction of sp³-hybridized carbons (Fsp3) is 0.143. The first-order valence-electron chi connectivity index (χ1n) is 6.60. The molecule has 24 heavy (non-hydrogen) atoms. The maximum Gasteiger partial charge on any atom is 0.269 e. The molecule has 0 bridgehead atoms. The normalized spacial score (nSPS) is 10.5. The SMILES string of the molecule is O=[N+]([O-])c1ccc(CSSSSCc2ccc([N+](=O)[O-])cc2)cc1. The highest BCUT2D eigenvalue weighted by Crippen LogP contribution is 2.45. The van der Waals surface area contributed by atoms with Crippen molar-refractivity contribution in [2.75, 3.05) is 0 Å². The topological polar surface area (TPSA) is 86.3 Å². The van der Waals surface area contributed by atoms with E-state index in [1.807, 2.05) is 0 Å². The molecule has 0 atom stereocenters. The summed E-state index contributed by atoms with van der Waals surface area (Å²) in [6.07, 6.45) is 0. The third kappa shape index (κ3) is 6.27. The first kappa shape index (κ1) is 19.0. The van der Waals surface area contributed by atoms with Crippen LogP contribution < -0.4 is 0 Å². The van der Waals surface area contributed by atoms with Gasteiger partial charge in [0.15, 0.2) is 0 Å². The Morgan fingerprint density at radius 2 is 1.00 bits per heavy atom. The van der Waals surface area contributed by atoms with Gasteiger partial charge in [-0.3, -0.25) is 20.2 Å². The van der Waals surface area contributed by atoms with Crippen molar-refractivity contribution < 1.29 is 9.85 Å². The molecule has 10 heteroatoms. The summed E-state index contributed by atoms with van der Waals surface area (Å²) in [4.78, 5) is 20.3. The molecule has 0 N–H and O–H groups in total. The summed E-state index contributed by atoms with van der Waals surface area (Å²) in [5, 5.41) is 21.1. The van der Waals surface area contributed by atoms with E-state index in [1.165, 1.54) is 24.3 Å². The van der Waals surface area contributed by atoms with Crippen molar-refractivity contribution in [1.29, 1.82) is 0 Å². The lowest BCUT2D eigenvalue weighted by atomic mass is 10.2. The van der Waals surface area contributed by atoms with Crippen molar-refractivity contribution in [3.8, 4) is 0 Å². The maximum atomic E-state index is 10.6. The van der Waals surface area contributed by atoms with Crippen LogP contribution in [0.3, 0.4) is 0 Å². The third-order valence-electron chi connectivity index (χ3n) is 2.87. The highest BCUT2D eigenvalue weighted by molar-refractivity contribution is 9.25. The molecule has 0 unspecified atom stereocenters. The fourth-order valence-electron chi connectivity index (χ4n) is 1.65. The lowest BCUT2D eigenvalue weighted by molar-refractivity contribution is -0.385. The van der Waals surface area contributed by atoms with Gasteiger partial charge in [-0.1, -0.05) is 45.9 Å². The standard InChI is InChI=1S/C14H12N2O4S4/c17-15(18)13-5-1-11(2-6-13)9-21-23-24-22-10-12-3-7-14(8-4-12)16(19)20/h1-8H,9-10H2. The second-order valence-corrected chi connectivity index (χ2v) is 10.5. The zero-order valence-electron chi connectivity index (χ0n) is 12.2. The molecule has 0 amide bonds. The Kier molecular flexibility index (Phi) is 7.76. The molecular formula is C14H12N2O4S4. The number of nitro benzene ring substituents is 2. The third-order valence-corrected chi connectivity index (χ3v) is 9.20. The highest BCUT2D eigenvalue weighted by atomic mass is 33.7. The lowest BCUT2D eigenvalue weighted by Gasteiger charge is -2.02. The van der Waals surface area contributed by atoms with Gasteiger partial charge in [-0.2, -0.15) is 0 Å². The molecule has 2 rings (SSSR count). The second kappa shape index (κ2) is 9.82. The van der Waals surface area contributed by atoms with Crippen molar-refractivity contribution in [3.05, 3.63) is 79.9 Å². The van der Waals surface area contributed by atoms with E-state index < -0.39 is 9.85 Å². The van der Waals surface area contributed by atoms with Crippen molar-refractivity contribution in [2.24, 2.45) is 0 Å². The van der Waals surface area contributed by atoms with E-state index in [-0.39, 0.29) is 11.4 Å². The predicted octanol–water partition coefficient (Wildman–Crippen LogP) is 5.88. The van der Waals surface area contributed by atoms with Crippen molar-refractivity contribution >= 4 is 52.6 Å². The number of benzene rings is 2. The zero-order valence-corrected chi connectivity index (χ0v) is 15.5. The second-order valence-electron chi connectivity index (χ2n) is 4.51. The molecule has 0 radical (unpaired) electrons. The molecule has 0 heterocycles. The summed E-state index contributed by atoms with van der Waals surface area (Å²) < 4.78 is 0. The first-order chi connectivity index (χ1) is 11.6. The molecule has 0 aliphatic carbocycles. The Morgan fingerprint density at radius 3 is 1.29 bits per heavy atom. The average Bonchev–Trinajstić information content (AvgIpc) is 2.58. The molecule has 0 saturated carbocycles. The quantitative estimate of drug-likeness (QED) is 0.223. The van der Waals surface area contributed by atoms with Crippen LogP contribution in [0.25, 0.3) is 0 Å². The molecule has 2 aromatic carbocycles. The van der Waals surface area contributed by atoms with Gasteiger partial charge in [-0.25, -0.2) is 0 Å². The maximum absolute atomic E-state index is 10.6. The van der Waals surface area contributed by atoms with Crippen LogP contribution in [0.15, 0.2) is 48.5 Å². The number of rotatable bonds is 9. The summed E-state index contributed by atoms with van der Waals surface area (Å²) >= 11 is 0. The van der Waals surface area contributed by atoms with Crippen molar-refractivity contribution in [1.82, 2.24) is 0 Å². The minimum Gasteiger partial charge on any atom is -0.258 e. The van der Waals surface area contributed by atoms with Crippen molar-refractivity contribution in [3.63, 3.8) is 0 Å². The minimum absolute atomic E-state index is 0.101. The summed E-state index contributed by atoms with van der Waals surface area (Å²) in [7, 11) is 6.60. The van der Waals surface area contributed by atoms with Gasteiger partial charge >= 0.3 is 0 Å². The van der Waals surface area contributed by atoms with Gasteiger partial charge in [0.1, 0.15) is 0 Å². The highest BCUT2D eigenvalue weighted by Gasteiger charge is 2.05. The number of hydrogen-bond acceptors (Lipinski definition) is 8. The smallest absolute Gasteiger partial charge is 0.258 e. The molecule has 0 fully saturated rings. The Labute approximate surface area is 153 Å². The first-order valence-corrected chi connectivity index (χ1v) is 11.8. The van der Waals surface area contributed by atoms with Gasteiger partial charge in [0.25, 0.3) is 11.4 Å². The average molecular weight is 401 g/mol. The van der Waals surface area contributed by atoms with Crippen LogP contribution in [0.5, 0.6) is 0 Å². The summed E-state index contributed by atoms with van der Waals surface area (Å²) in [5.74, 6) is 1.54. The van der Waals surface area contributed by atoms with E-state index in [0.717, 1.165) is 22.6 Å². The fourth-order valence-corrected chi connectivity index (χ4v) is 7.52. The van der Waals surface area contributed by atoms with Gasteiger partial charge in [0, 0.05) is 35.8 Å². The molecule has 0 spiro atoms. The van der Waals surface area contributed by atoms with Crippen LogP contribution >= 0.6 is 41.2 Å². The van der Waals surface area contributed by atoms with E-state index in [2.05, 4.69) is 0 Å². The molecule has 0 aromatic heterocycles. The van der Waals surface area contributed by atoms with Crippen LogP contribution in [0, 0.1) is 20.2 Å². The van der Waals surface area contributed by atoms with Gasteiger partial charge in [-0.05, 0) is 30.8 Å². The Hall–Kier alpha value is -1.36. The Bertz CT molecular complexity index is 633. The Balaban J connectivity index is 1.62. The van der Waals surface area contributed by atoms with Gasteiger partial charge < -0.3 is 0 Å². The largest absolute Gasteiger partial charge is 0.269 e. The summed E-state index contributed by atoms with van der Waals surface area (Å²) in [5.41, 5.74) is 2.28. The van der Waals surface area contributed by atoms with E-state index in [4.69, 9.17) is 0 Å². The van der Waals surface area contributed by atoms with Gasteiger partial charge in [0.2, 0.25) is 0 Å². The van der Waals surface area contributed by atoms with Crippen molar-refractivity contribution in [2.45, 2.75) is 11.5 Å². The van der Waals surface area contributed by atoms with Crippen LogP contribution in [0.1, 0.15) is 11.1 Å².